The maximum Gasteiger partial charge on any atom is 0.252 e. The first-order chi connectivity index (χ1) is 10.6. The molecule has 0 saturated heterocycles. The van der Waals surface area contributed by atoms with Gasteiger partial charge < -0.3 is 14.8 Å². The van der Waals surface area contributed by atoms with Gasteiger partial charge in [0.25, 0.3) is 5.91 Å². The van der Waals surface area contributed by atoms with E-state index in [1.54, 1.807) is 6.07 Å². The van der Waals surface area contributed by atoms with Crippen molar-refractivity contribution in [1.82, 2.24) is 5.32 Å². The minimum atomic E-state index is -0.484. The van der Waals surface area contributed by atoms with Gasteiger partial charge >= 0.3 is 0 Å². The molecule has 1 aliphatic heterocycles. The van der Waals surface area contributed by atoms with E-state index in [0.717, 1.165) is 6.07 Å². The van der Waals surface area contributed by atoms with Crippen LogP contribution in [0, 0.1) is 5.82 Å². The van der Waals surface area contributed by atoms with Crippen LogP contribution in [0.15, 0.2) is 42.5 Å². The minimum absolute atomic E-state index is 0.0728. The molecule has 1 heterocycles. The molecular formula is C16H13ClFNO3. The summed E-state index contributed by atoms with van der Waals surface area (Å²) in [6.45, 7) is 0.606. The Morgan fingerprint density at radius 2 is 2.05 bits per heavy atom. The number of benzene rings is 2. The monoisotopic (exact) mass is 321 g/mol. The highest BCUT2D eigenvalue weighted by Crippen LogP contribution is 2.30. The molecule has 1 aliphatic rings. The molecule has 1 amide bonds. The van der Waals surface area contributed by atoms with Gasteiger partial charge in [-0.2, -0.15) is 0 Å². The lowest BCUT2D eigenvalue weighted by Crippen LogP contribution is -2.40. The first kappa shape index (κ1) is 14.7. The van der Waals surface area contributed by atoms with Gasteiger partial charge in [-0.25, -0.2) is 4.39 Å². The van der Waals surface area contributed by atoms with Gasteiger partial charge in [0.1, 0.15) is 18.5 Å². The Bertz CT molecular complexity index is 708. The second kappa shape index (κ2) is 6.23. The molecule has 22 heavy (non-hydrogen) atoms. The highest BCUT2D eigenvalue weighted by atomic mass is 35.5. The van der Waals surface area contributed by atoms with Gasteiger partial charge in [-0.3, -0.25) is 4.79 Å². The van der Waals surface area contributed by atoms with Crippen molar-refractivity contribution in [2.75, 3.05) is 13.2 Å². The first-order valence-electron chi connectivity index (χ1n) is 6.75. The minimum Gasteiger partial charge on any atom is -0.486 e. The number of carbonyl (C=O) groups excluding carboxylic acids is 1. The quantitative estimate of drug-likeness (QED) is 0.945. The number of amides is 1. The normalized spacial score (nSPS) is 16.2. The topological polar surface area (TPSA) is 47.6 Å². The van der Waals surface area contributed by atoms with Crippen molar-refractivity contribution >= 4 is 17.5 Å². The molecule has 6 heteroatoms. The molecule has 2 aromatic rings. The predicted molar refractivity (Wildman–Crippen MR) is 80.1 cm³/mol. The van der Waals surface area contributed by atoms with Crippen molar-refractivity contribution in [2.24, 2.45) is 0 Å². The van der Waals surface area contributed by atoms with E-state index < -0.39 is 5.82 Å². The average Bonchev–Trinajstić information content (AvgIpc) is 2.52. The van der Waals surface area contributed by atoms with Crippen LogP contribution in [-0.2, 0) is 0 Å². The van der Waals surface area contributed by atoms with Crippen molar-refractivity contribution in [1.29, 1.82) is 0 Å². The maximum atomic E-state index is 13.0. The summed E-state index contributed by atoms with van der Waals surface area (Å²) >= 11 is 5.86. The molecule has 1 atom stereocenters. The molecule has 114 valence electrons. The van der Waals surface area contributed by atoms with Crippen LogP contribution in [0.3, 0.4) is 0 Å². The van der Waals surface area contributed by atoms with E-state index in [9.17, 15) is 9.18 Å². The number of hydrogen-bond acceptors (Lipinski definition) is 3. The molecule has 0 radical (unpaired) electrons. The number of halogens is 2. The summed E-state index contributed by atoms with van der Waals surface area (Å²) in [6.07, 6.45) is -0.293. The van der Waals surface area contributed by atoms with Gasteiger partial charge in [0.2, 0.25) is 0 Å². The number of nitrogens with one attached hydrogen (secondary N) is 1. The molecule has 0 aromatic heterocycles. The summed E-state index contributed by atoms with van der Waals surface area (Å²) in [5, 5.41) is 2.78. The van der Waals surface area contributed by atoms with Crippen LogP contribution >= 0.6 is 11.6 Å². The van der Waals surface area contributed by atoms with E-state index in [4.69, 9.17) is 21.1 Å². The Kier molecular flexibility index (Phi) is 4.15. The zero-order valence-corrected chi connectivity index (χ0v) is 12.3. The highest BCUT2D eigenvalue weighted by Gasteiger charge is 2.21. The van der Waals surface area contributed by atoms with E-state index in [1.165, 1.54) is 12.1 Å². The molecule has 3 rings (SSSR count). The largest absolute Gasteiger partial charge is 0.486 e. The summed E-state index contributed by atoms with van der Waals surface area (Å²) in [5.74, 6) is 0.467. The zero-order chi connectivity index (χ0) is 15.5. The molecule has 0 saturated carbocycles. The second-order valence-electron chi connectivity index (χ2n) is 4.83. The SMILES string of the molecule is O=C(NC[C@@H]1COc2ccccc2O1)c1ccc(F)cc1Cl. The van der Waals surface area contributed by atoms with E-state index in [-0.39, 0.29) is 29.1 Å². The summed E-state index contributed by atoms with van der Waals surface area (Å²) in [6, 6.07) is 11.0. The van der Waals surface area contributed by atoms with E-state index in [0.29, 0.717) is 18.1 Å². The molecule has 0 bridgehead atoms. The fourth-order valence-corrected chi connectivity index (χ4v) is 2.39. The smallest absolute Gasteiger partial charge is 0.252 e. The van der Waals surface area contributed by atoms with Crippen molar-refractivity contribution in [3.05, 3.63) is 58.9 Å². The lowest BCUT2D eigenvalue weighted by Gasteiger charge is -2.26. The van der Waals surface area contributed by atoms with Gasteiger partial charge in [0.05, 0.1) is 17.1 Å². The number of fused-ring (bicyclic) bond motifs is 1. The number of rotatable bonds is 3. The summed E-state index contributed by atoms with van der Waals surface area (Å²) in [7, 11) is 0. The Morgan fingerprint density at radius 1 is 1.27 bits per heavy atom. The lowest BCUT2D eigenvalue weighted by molar-refractivity contribution is 0.0789. The summed E-state index contributed by atoms with van der Waals surface area (Å²) < 4.78 is 24.3. The van der Waals surface area contributed by atoms with Crippen molar-refractivity contribution in [3.63, 3.8) is 0 Å². The first-order valence-corrected chi connectivity index (χ1v) is 7.13. The van der Waals surface area contributed by atoms with Crippen LogP contribution in [0.2, 0.25) is 5.02 Å². The third-order valence-electron chi connectivity index (χ3n) is 3.23. The molecule has 0 fully saturated rings. The average molecular weight is 322 g/mol. The van der Waals surface area contributed by atoms with Crippen LogP contribution < -0.4 is 14.8 Å². The number of para-hydroxylation sites is 2. The van der Waals surface area contributed by atoms with Gasteiger partial charge in [0.15, 0.2) is 11.5 Å². The summed E-state index contributed by atoms with van der Waals surface area (Å²) in [4.78, 5) is 12.1. The van der Waals surface area contributed by atoms with Crippen molar-refractivity contribution in [2.45, 2.75) is 6.10 Å². The third-order valence-corrected chi connectivity index (χ3v) is 3.55. The Balaban J connectivity index is 1.60. The fourth-order valence-electron chi connectivity index (χ4n) is 2.14. The molecule has 1 N–H and O–H groups in total. The van der Waals surface area contributed by atoms with Crippen LogP contribution in [0.4, 0.5) is 4.39 Å². The van der Waals surface area contributed by atoms with Crippen LogP contribution in [0.25, 0.3) is 0 Å². The Morgan fingerprint density at radius 3 is 2.82 bits per heavy atom. The van der Waals surface area contributed by atoms with E-state index in [2.05, 4.69) is 5.32 Å². The van der Waals surface area contributed by atoms with Gasteiger partial charge in [-0.15, -0.1) is 0 Å². The fraction of sp³-hybridized carbons (Fsp3) is 0.188. The van der Waals surface area contributed by atoms with Gasteiger partial charge in [-0.05, 0) is 30.3 Å². The van der Waals surface area contributed by atoms with Crippen molar-refractivity contribution in [3.8, 4) is 11.5 Å². The van der Waals surface area contributed by atoms with Crippen LogP contribution in [0.5, 0.6) is 11.5 Å². The zero-order valence-electron chi connectivity index (χ0n) is 11.5. The highest BCUT2D eigenvalue weighted by molar-refractivity contribution is 6.33. The summed E-state index contributed by atoms with van der Waals surface area (Å²) in [5.41, 5.74) is 0.222. The molecule has 0 spiro atoms. The van der Waals surface area contributed by atoms with E-state index in [1.807, 2.05) is 18.2 Å². The predicted octanol–water partition coefficient (Wildman–Crippen LogP) is 3.05. The number of carbonyl (C=O) groups is 1. The van der Waals surface area contributed by atoms with Gasteiger partial charge in [0, 0.05) is 0 Å². The molecule has 4 nitrogen and oxygen atoms in total. The second-order valence-corrected chi connectivity index (χ2v) is 5.24. The van der Waals surface area contributed by atoms with Crippen molar-refractivity contribution < 1.29 is 18.7 Å². The lowest BCUT2D eigenvalue weighted by atomic mass is 10.2. The molecular weight excluding hydrogens is 309 g/mol. The molecule has 2 aromatic carbocycles. The molecule has 0 aliphatic carbocycles. The number of ether oxygens (including phenoxy) is 2. The standard InChI is InChI=1S/C16H13ClFNO3/c17-13-7-10(18)5-6-12(13)16(20)19-8-11-9-21-14-3-1-2-4-15(14)22-11/h1-7,11H,8-9H2,(H,19,20)/t11-/m1/s1. The van der Waals surface area contributed by atoms with Gasteiger partial charge in [-0.1, -0.05) is 23.7 Å². The Labute approximate surface area is 131 Å². The number of hydrogen-bond donors (Lipinski definition) is 1. The third kappa shape index (κ3) is 3.14. The van der Waals surface area contributed by atoms with Crippen LogP contribution in [-0.4, -0.2) is 25.2 Å². The Hall–Kier alpha value is -2.27. The molecule has 0 unspecified atom stereocenters. The van der Waals surface area contributed by atoms with Crippen LogP contribution in [0.1, 0.15) is 10.4 Å². The van der Waals surface area contributed by atoms with E-state index >= 15 is 0 Å². The maximum absolute atomic E-state index is 13.0.